The molecule has 100 valence electrons. The summed E-state index contributed by atoms with van der Waals surface area (Å²) < 4.78 is 0.851. The summed E-state index contributed by atoms with van der Waals surface area (Å²) in [5.41, 5.74) is 2.12. The summed E-state index contributed by atoms with van der Waals surface area (Å²) in [6, 6.07) is 5.41. The van der Waals surface area contributed by atoms with Crippen molar-refractivity contribution >= 4 is 38.9 Å². The number of nitrogens with zero attached hydrogens (tertiary/aromatic N) is 3. The first kappa shape index (κ1) is 12.7. The molecule has 1 aromatic carbocycles. The van der Waals surface area contributed by atoms with E-state index >= 15 is 0 Å². The van der Waals surface area contributed by atoms with E-state index in [1.807, 2.05) is 6.07 Å². The molecule has 1 amide bonds. The summed E-state index contributed by atoms with van der Waals surface area (Å²) in [6.07, 6.45) is 2.68. The highest BCUT2D eigenvalue weighted by molar-refractivity contribution is 9.10. The number of amides is 1. The van der Waals surface area contributed by atoms with Crippen molar-refractivity contribution in [2.45, 2.75) is 6.42 Å². The van der Waals surface area contributed by atoms with E-state index in [1.165, 1.54) is 12.4 Å². The molecule has 3 rings (SSSR count). The Morgan fingerprint density at radius 1 is 1.25 bits per heavy atom. The van der Waals surface area contributed by atoms with Gasteiger partial charge in [-0.1, -0.05) is 15.9 Å². The van der Waals surface area contributed by atoms with Gasteiger partial charge in [0.15, 0.2) is 0 Å². The number of fused-ring (bicyclic) bond motifs is 1. The molecule has 6 nitrogen and oxygen atoms in total. The van der Waals surface area contributed by atoms with Gasteiger partial charge in [-0.3, -0.25) is 4.79 Å². The minimum absolute atomic E-state index is 0.0490. The highest BCUT2D eigenvalue weighted by Crippen LogP contribution is 2.32. The second-order valence-electron chi connectivity index (χ2n) is 4.23. The van der Waals surface area contributed by atoms with Gasteiger partial charge in [0.2, 0.25) is 5.91 Å². The maximum absolute atomic E-state index is 11.9. The zero-order valence-electron chi connectivity index (χ0n) is 10.2. The van der Waals surface area contributed by atoms with Gasteiger partial charge in [-0.15, -0.1) is 0 Å². The van der Waals surface area contributed by atoms with E-state index in [4.69, 9.17) is 0 Å². The van der Waals surface area contributed by atoms with Crippen LogP contribution in [0.2, 0.25) is 0 Å². The average Bonchev–Trinajstić information content (AvgIpc) is 2.56. The topological polar surface area (TPSA) is 87.5 Å². The molecular weight excluding hydrogens is 324 g/mol. The van der Waals surface area contributed by atoms with Gasteiger partial charge in [0.25, 0.3) is 0 Å². The Morgan fingerprint density at radius 2 is 2.05 bits per heavy atom. The summed E-state index contributed by atoms with van der Waals surface area (Å²) in [4.78, 5) is 16.4. The predicted octanol–water partition coefficient (Wildman–Crippen LogP) is 2.41. The van der Waals surface area contributed by atoms with Gasteiger partial charge in [0, 0.05) is 4.47 Å². The normalized spacial score (nSPS) is 14.1. The molecule has 2 heterocycles. The molecule has 0 saturated heterocycles. The van der Waals surface area contributed by atoms with Crippen molar-refractivity contribution < 1.29 is 9.90 Å². The van der Waals surface area contributed by atoms with Gasteiger partial charge in [-0.25, -0.2) is 4.99 Å². The lowest BCUT2D eigenvalue weighted by atomic mass is 10.1. The Bertz CT molecular complexity index is 730. The number of halogens is 1. The number of rotatable bonds is 1. The Kier molecular flexibility index (Phi) is 3.19. The first-order valence-corrected chi connectivity index (χ1v) is 6.60. The number of benzene rings is 1. The number of hydrogen-bond donors (Lipinski definition) is 2. The van der Waals surface area contributed by atoms with Crippen LogP contribution in [0.1, 0.15) is 12.0 Å². The van der Waals surface area contributed by atoms with Crippen LogP contribution in [0.15, 0.2) is 40.1 Å². The first-order chi connectivity index (χ1) is 9.63. The van der Waals surface area contributed by atoms with E-state index in [-0.39, 0.29) is 18.1 Å². The van der Waals surface area contributed by atoms with Crippen molar-refractivity contribution in [2.75, 3.05) is 5.32 Å². The molecule has 1 aliphatic rings. The molecule has 0 atom stereocenters. The summed E-state index contributed by atoms with van der Waals surface area (Å²) >= 11 is 3.35. The number of aromatic nitrogens is 2. The maximum Gasteiger partial charge on any atom is 0.230 e. The Labute approximate surface area is 122 Å². The van der Waals surface area contributed by atoms with Crippen LogP contribution in [-0.4, -0.2) is 26.9 Å². The predicted molar refractivity (Wildman–Crippen MR) is 77.3 cm³/mol. The van der Waals surface area contributed by atoms with Crippen molar-refractivity contribution in [3.05, 3.63) is 40.6 Å². The largest absolute Gasteiger partial charge is 0.506 e. The Morgan fingerprint density at radius 3 is 2.85 bits per heavy atom. The molecule has 7 heteroatoms. The number of anilines is 1. The molecule has 1 aromatic heterocycles. The van der Waals surface area contributed by atoms with Crippen LogP contribution in [0.4, 0.5) is 11.4 Å². The molecule has 0 aliphatic carbocycles. The van der Waals surface area contributed by atoms with Crippen molar-refractivity contribution in [3.8, 4) is 5.75 Å². The lowest BCUT2D eigenvalue weighted by Gasteiger charge is -2.04. The number of carbonyl (C=O) groups is 1. The average molecular weight is 333 g/mol. The van der Waals surface area contributed by atoms with Crippen LogP contribution >= 0.6 is 15.9 Å². The lowest BCUT2D eigenvalue weighted by molar-refractivity contribution is -0.115. The second-order valence-corrected chi connectivity index (χ2v) is 5.15. The third-order valence-electron chi connectivity index (χ3n) is 2.84. The quantitative estimate of drug-likeness (QED) is 0.839. The second kappa shape index (κ2) is 5.01. The van der Waals surface area contributed by atoms with Gasteiger partial charge in [-0.05, 0) is 18.2 Å². The van der Waals surface area contributed by atoms with Gasteiger partial charge < -0.3 is 10.4 Å². The molecule has 2 aromatic rings. The number of aromatic hydroxyl groups is 1. The van der Waals surface area contributed by atoms with Crippen LogP contribution < -0.4 is 5.32 Å². The Hall–Kier alpha value is -2.28. The van der Waals surface area contributed by atoms with Crippen molar-refractivity contribution in [1.82, 2.24) is 10.2 Å². The van der Waals surface area contributed by atoms with Crippen LogP contribution in [0.25, 0.3) is 0 Å². The molecule has 0 fully saturated rings. The monoisotopic (exact) mass is 332 g/mol. The molecular formula is C13H9BrN4O2. The minimum Gasteiger partial charge on any atom is -0.506 e. The van der Waals surface area contributed by atoms with Crippen molar-refractivity contribution in [2.24, 2.45) is 4.99 Å². The smallest absolute Gasteiger partial charge is 0.230 e. The molecule has 0 saturated carbocycles. The third-order valence-corrected chi connectivity index (χ3v) is 3.33. The molecule has 0 spiro atoms. The summed E-state index contributed by atoms with van der Waals surface area (Å²) in [6.45, 7) is 0. The first-order valence-electron chi connectivity index (χ1n) is 5.80. The highest BCUT2D eigenvalue weighted by atomic mass is 79.9. The number of carbonyl (C=O) groups excluding carboxylic acids is 1. The third kappa shape index (κ3) is 2.39. The summed E-state index contributed by atoms with van der Waals surface area (Å²) in [5, 5.41) is 19.9. The van der Waals surface area contributed by atoms with E-state index in [1.54, 1.807) is 12.1 Å². The number of hydrogen-bond acceptors (Lipinski definition) is 5. The standard InChI is InChI=1S/C13H9BrN4O2/c14-7-1-2-9-11(3-7)18-13(20)4-10(17-9)8-5-15-16-6-12(8)19/h1-3,5-6H,4H2,(H,15,19)(H,18,20). The van der Waals surface area contributed by atoms with Crippen LogP contribution in [0.5, 0.6) is 5.75 Å². The molecule has 2 N–H and O–H groups in total. The van der Waals surface area contributed by atoms with Gasteiger partial charge in [0.1, 0.15) is 5.75 Å². The van der Waals surface area contributed by atoms with Crippen LogP contribution in [0.3, 0.4) is 0 Å². The van der Waals surface area contributed by atoms with E-state index in [0.29, 0.717) is 22.6 Å². The van der Waals surface area contributed by atoms with Gasteiger partial charge >= 0.3 is 0 Å². The SMILES string of the molecule is O=C1CC(c2cnncc2O)=Nc2ccc(Br)cc2N1. The minimum atomic E-state index is -0.197. The molecule has 1 aliphatic heterocycles. The van der Waals surface area contributed by atoms with E-state index < -0.39 is 0 Å². The molecule has 0 bridgehead atoms. The van der Waals surface area contributed by atoms with Crippen molar-refractivity contribution in [1.29, 1.82) is 0 Å². The zero-order valence-corrected chi connectivity index (χ0v) is 11.8. The van der Waals surface area contributed by atoms with Gasteiger partial charge in [-0.2, -0.15) is 10.2 Å². The highest BCUT2D eigenvalue weighted by Gasteiger charge is 2.19. The molecule has 0 unspecified atom stereocenters. The summed E-state index contributed by atoms with van der Waals surface area (Å²) in [5.74, 6) is -0.246. The van der Waals surface area contributed by atoms with E-state index in [0.717, 1.165) is 4.47 Å². The van der Waals surface area contributed by atoms with Crippen molar-refractivity contribution in [3.63, 3.8) is 0 Å². The fraction of sp³-hybridized carbons (Fsp3) is 0.0769. The lowest BCUT2D eigenvalue weighted by Crippen LogP contribution is -2.15. The summed E-state index contributed by atoms with van der Waals surface area (Å²) in [7, 11) is 0. The van der Waals surface area contributed by atoms with Gasteiger partial charge in [0.05, 0.1) is 41.5 Å². The molecule has 20 heavy (non-hydrogen) atoms. The number of nitrogens with one attached hydrogen (secondary N) is 1. The van der Waals surface area contributed by atoms with Crippen LogP contribution in [0, 0.1) is 0 Å². The maximum atomic E-state index is 11.9. The molecule has 0 radical (unpaired) electrons. The zero-order chi connectivity index (χ0) is 14.1. The number of aliphatic imine (C=N–C) groups is 1. The van der Waals surface area contributed by atoms with Crippen LogP contribution in [-0.2, 0) is 4.79 Å². The van der Waals surface area contributed by atoms with E-state index in [9.17, 15) is 9.90 Å². The fourth-order valence-corrected chi connectivity index (χ4v) is 2.29. The fourth-order valence-electron chi connectivity index (χ4n) is 1.93. The van der Waals surface area contributed by atoms with E-state index in [2.05, 4.69) is 36.4 Å². The Balaban J connectivity index is 2.14.